The van der Waals surface area contributed by atoms with Gasteiger partial charge in [0.2, 0.25) is 0 Å². The molecule has 0 spiro atoms. The van der Waals surface area contributed by atoms with Gasteiger partial charge in [0, 0.05) is 19.6 Å². The molecule has 0 aromatic heterocycles. The number of nitrogens with one attached hydrogen (secondary N) is 3. The van der Waals surface area contributed by atoms with Crippen LogP contribution in [0.1, 0.15) is 12.8 Å². The first kappa shape index (κ1) is 32.2. The Bertz CT molecular complexity index is 418. The van der Waals surface area contributed by atoms with E-state index in [0.29, 0.717) is 0 Å². The summed E-state index contributed by atoms with van der Waals surface area (Å²) in [6.07, 6.45) is -4.21. The van der Waals surface area contributed by atoms with Gasteiger partial charge in [-0.25, -0.2) is 0 Å². The molecule has 0 aromatic carbocycles. The number of carboxylic acid groups (broad SMARTS) is 2. The van der Waals surface area contributed by atoms with Crippen LogP contribution in [0.15, 0.2) is 0 Å². The second-order valence-corrected chi connectivity index (χ2v) is 5.92. The van der Waals surface area contributed by atoms with Crippen molar-refractivity contribution in [1.82, 2.24) is 16.0 Å². The summed E-state index contributed by atoms with van der Waals surface area (Å²) < 4.78 is 0. The molecule has 6 atom stereocenters. The van der Waals surface area contributed by atoms with Crippen molar-refractivity contribution in [2.75, 3.05) is 26.2 Å². The Labute approximate surface area is 181 Å². The Kier molecular flexibility index (Phi) is 18.8. The van der Waals surface area contributed by atoms with Crippen molar-refractivity contribution in [3.63, 3.8) is 0 Å². The lowest BCUT2D eigenvalue weighted by Gasteiger charge is -2.47. The molecule has 1 saturated carbocycles. The van der Waals surface area contributed by atoms with Gasteiger partial charge in [0.25, 0.3) is 0 Å². The Balaban J connectivity index is -0.00000208. The molecule has 28 heavy (non-hydrogen) atoms. The largest absolute Gasteiger partial charge is 0.481 e. The molecule has 0 heterocycles. The van der Waals surface area contributed by atoms with Gasteiger partial charge >= 0.3 is 11.9 Å². The number of aliphatic hydroxyl groups excluding tert-OH is 4. The van der Waals surface area contributed by atoms with Crippen LogP contribution in [0.4, 0.5) is 0 Å². The van der Waals surface area contributed by atoms with Gasteiger partial charge in [0.05, 0.1) is 55.9 Å². The third-order valence-corrected chi connectivity index (χ3v) is 4.14. The van der Waals surface area contributed by atoms with E-state index in [2.05, 4.69) is 16.0 Å². The van der Waals surface area contributed by atoms with Crippen molar-refractivity contribution in [3.05, 3.63) is 0 Å². The van der Waals surface area contributed by atoms with E-state index < -0.39 is 48.4 Å². The second kappa shape index (κ2) is 16.3. The highest BCUT2D eigenvalue weighted by Crippen LogP contribution is 2.22. The molecule has 1 rings (SSSR count). The number of halogens is 3. The van der Waals surface area contributed by atoms with E-state index in [9.17, 15) is 24.9 Å². The minimum absolute atomic E-state index is 0. The molecule has 11 nitrogen and oxygen atoms in total. The lowest BCUT2D eigenvalue weighted by molar-refractivity contribution is -0.137. The molecule has 0 radical (unpaired) electrons. The van der Waals surface area contributed by atoms with Gasteiger partial charge in [-0.2, -0.15) is 0 Å². The number of rotatable bonds is 11. The molecule has 0 saturated heterocycles. The first-order valence-corrected chi connectivity index (χ1v) is 8.08. The molecular formula is C14H30Cl3N3O8. The Morgan fingerprint density at radius 3 is 1.18 bits per heavy atom. The van der Waals surface area contributed by atoms with Crippen LogP contribution in [-0.4, -0.2) is 105 Å². The highest BCUT2D eigenvalue weighted by Gasteiger charge is 2.48. The van der Waals surface area contributed by atoms with Gasteiger partial charge in [-0.05, 0) is 0 Å². The van der Waals surface area contributed by atoms with Crippen molar-refractivity contribution in [2.24, 2.45) is 0 Å². The van der Waals surface area contributed by atoms with E-state index in [1.807, 2.05) is 0 Å². The van der Waals surface area contributed by atoms with Crippen LogP contribution in [0.25, 0.3) is 0 Å². The molecule has 0 amide bonds. The first-order chi connectivity index (χ1) is 11.8. The zero-order chi connectivity index (χ0) is 19.0. The molecule has 0 aliphatic heterocycles. The number of aliphatic hydroxyl groups is 4. The van der Waals surface area contributed by atoms with E-state index in [0.717, 1.165) is 0 Å². The van der Waals surface area contributed by atoms with Gasteiger partial charge in [0.1, 0.15) is 0 Å². The highest BCUT2D eigenvalue weighted by molar-refractivity contribution is 5.86. The summed E-state index contributed by atoms with van der Waals surface area (Å²) in [6.45, 7) is -0.136. The molecule has 0 unspecified atom stereocenters. The molecular weight excluding hydrogens is 445 g/mol. The Morgan fingerprint density at radius 2 is 0.929 bits per heavy atom. The van der Waals surface area contributed by atoms with E-state index in [1.54, 1.807) is 0 Å². The second-order valence-electron chi connectivity index (χ2n) is 5.92. The third kappa shape index (κ3) is 9.83. The van der Waals surface area contributed by atoms with Gasteiger partial charge in [-0.1, -0.05) is 0 Å². The molecule has 0 aromatic rings. The van der Waals surface area contributed by atoms with E-state index in [4.69, 9.17) is 15.3 Å². The van der Waals surface area contributed by atoms with Crippen LogP contribution in [-0.2, 0) is 9.59 Å². The van der Waals surface area contributed by atoms with Crippen molar-refractivity contribution < 1.29 is 40.2 Å². The van der Waals surface area contributed by atoms with Gasteiger partial charge in [-0.3, -0.25) is 9.59 Å². The zero-order valence-corrected chi connectivity index (χ0v) is 17.4. The normalized spacial score (nSPS) is 29.0. The summed E-state index contributed by atoms with van der Waals surface area (Å²) in [5, 5.41) is 65.8. The average molecular weight is 475 g/mol. The van der Waals surface area contributed by atoms with Crippen LogP contribution in [0, 0.1) is 0 Å². The third-order valence-electron chi connectivity index (χ3n) is 4.14. The maximum absolute atomic E-state index is 10.6. The SMILES string of the molecule is Cl.Cl.Cl.O=C(O)CCN[C@@H]1[C@H](O)[C@H](NCCC(=O)O)[C@H](O)[C@H](NCCO)[C@@H]1O. The summed E-state index contributed by atoms with van der Waals surface area (Å²) in [5.41, 5.74) is 0. The number of carboxylic acids is 2. The van der Waals surface area contributed by atoms with Crippen LogP contribution < -0.4 is 16.0 Å². The predicted octanol–water partition coefficient (Wildman–Crippen LogP) is -2.84. The van der Waals surface area contributed by atoms with Crippen LogP contribution in [0.2, 0.25) is 0 Å². The minimum Gasteiger partial charge on any atom is -0.481 e. The lowest BCUT2D eigenvalue weighted by atomic mass is 9.79. The van der Waals surface area contributed by atoms with Crippen LogP contribution in [0.5, 0.6) is 0 Å². The van der Waals surface area contributed by atoms with Crippen molar-refractivity contribution in [2.45, 2.75) is 49.3 Å². The maximum Gasteiger partial charge on any atom is 0.304 e. The summed E-state index contributed by atoms with van der Waals surface area (Å²) in [7, 11) is 0. The number of carbonyl (C=O) groups is 2. The van der Waals surface area contributed by atoms with Gasteiger partial charge in [-0.15, -0.1) is 37.2 Å². The monoisotopic (exact) mass is 473 g/mol. The molecule has 0 bridgehead atoms. The average Bonchev–Trinajstić information content (AvgIpc) is 2.53. The van der Waals surface area contributed by atoms with E-state index in [-0.39, 0.29) is 76.3 Å². The molecule has 1 aliphatic rings. The lowest BCUT2D eigenvalue weighted by Crippen LogP contribution is -2.73. The molecule has 1 fully saturated rings. The number of hydrogen-bond acceptors (Lipinski definition) is 9. The van der Waals surface area contributed by atoms with E-state index in [1.165, 1.54) is 0 Å². The van der Waals surface area contributed by atoms with Crippen molar-refractivity contribution in [3.8, 4) is 0 Å². The summed E-state index contributed by atoms with van der Waals surface area (Å²) in [4.78, 5) is 21.2. The topological polar surface area (TPSA) is 192 Å². The first-order valence-electron chi connectivity index (χ1n) is 8.08. The fourth-order valence-corrected chi connectivity index (χ4v) is 2.92. The number of aliphatic carboxylic acids is 2. The molecule has 170 valence electrons. The maximum atomic E-state index is 10.6. The fraction of sp³-hybridized carbons (Fsp3) is 0.857. The zero-order valence-electron chi connectivity index (χ0n) is 14.9. The molecule has 1 aliphatic carbocycles. The molecule has 9 N–H and O–H groups in total. The highest BCUT2D eigenvalue weighted by atomic mass is 35.5. The Hall–Kier alpha value is -0.470. The van der Waals surface area contributed by atoms with Crippen LogP contribution >= 0.6 is 37.2 Å². The van der Waals surface area contributed by atoms with Crippen molar-refractivity contribution >= 4 is 49.2 Å². The summed E-state index contributed by atoms with van der Waals surface area (Å²) in [5.74, 6) is -2.09. The number of hydrogen-bond donors (Lipinski definition) is 9. The quantitative estimate of drug-likeness (QED) is 0.150. The smallest absolute Gasteiger partial charge is 0.304 e. The van der Waals surface area contributed by atoms with Gasteiger partial charge in [0.15, 0.2) is 0 Å². The Morgan fingerprint density at radius 1 is 0.643 bits per heavy atom. The standard InChI is InChI=1S/C14H27N3O8.3ClH/c18-6-5-17-11-13(24)9(15-3-1-7(19)20)12(23)10(14(11)25)16-4-2-8(21)22;;;/h9-18,23-25H,1-6H2,(H,19,20)(H,21,22);3*1H/t9-,10+,11-,12+,13-,14+;;;. The molecule has 14 heteroatoms. The fourth-order valence-electron chi connectivity index (χ4n) is 2.92. The van der Waals surface area contributed by atoms with Gasteiger partial charge < -0.3 is 46.6 Å². The van der Waals surface area contributed by atoms with Crippen LogP contribution in [0.3, 0.4) is 0 Å². The summed E-state index contributed by atoms with van der Waals surface area (Å²) in [6, 6.07) is -2.79. The van der Waals surface area contributed by atoms with Crippen molar-refractivity contribution in [1.29, 1.82) is 0 Å². The predicted molar refractivity (Wildman–Crippen MR) is 107 cm³/mol. The van der Waals surface area contributed by atoms with E-state index >= 15 is 0 Å². The minimum atomic E-state index is -1.28. The summed E-state index contributed by atoms with van der Waals surface area (Å²) >= 11 is 0.